The van der Waals surface area contributed by atoms with Gasteiger partial charge in [-0.15, -0.1) is 0 Å². The van der Waals surface area contributed by atoms with Crippen molar-refractivity contribution in [3.8, 4) is 6.07 Å². The lowest BCUT2D eigenvalue weighted by Crippen LogP contribution is -2.42. The van der Waals surface area contributed by atoms with Crippen LogP contribution in [0.4, 0.5) is 68.2 Å². The number of para-hydroxylation sites is 4. The van der Waals surface area contributed by atoms with E-state index in [-0.39, 0.29) is 20.6 Å². The van der Waals surface area contributed by atoms with Crippen LogP contribution in [-0.2, 0) is 20.7 Å². The zero-order valence-electron chi connectivity index (χ0n) is 31.7. The van der Waals surface area contributed by atoms with Gasteiger partial charge in [0.2, 0.25) is 9.84 Å². The van der Waals surface area contributed by atoms with Gasteiger partial charge in [-0.3, -0.25) is 4.90 Å². The Balaban J connectivity index is 1.15. The highest BCUT2D eigenvalue weighted by Gasteiger charge is 2.53. The Morgan fingerprint density at radius 3 is 1.33 bits per heavy atom. The summed E-state index contributed by atoms with van der Waals surface area (Å²) in [7, 11) is -3.82. The van der Waals surface area contributed by atoms with Crippen molar-refractivity contribution < 1.29 is 8.42 Å². The normalized spacial score (nSPS) is 16.3. The van der Waals surface area contributed by atoms with Gasteiger partial charge in [0.05, 0.1) is 84.0 Å². The monoisotopic (exact) mass is 757 g/mol. The number of hydrogen-bond donors (Lipinski definition) is 0. The summed E-state index contributed by atoms with van der Waals surface area (Å²) in [4.78, 5) is 10.2. The SMILES string of the molecule is CC1(C)c2ccccc2N2c3cccc4c3N3c5c(cccc5N5c6ccccc6C(C)(C)c6cc1c2c3c65)N4c1ccc(S(=O)(=O)c2ccc(C#N)cc2)cc1. The molecule has 0 aliphatic carbocycles. The third-order valence-corrected chi connectivity index (χ3v) is 14.8. The molecule has 57 heavy (non-hydrogen) atoms. The fourth-order valence-electron chi connectivity index (χ4n) is 10.3. The molecule has 7 aromatic rings. The lowest BCUT2D eigenvalue weighted by atomic mass is 9.67. The molecule has 0 unspecified atom stereocenters. The van der Waals surface area contributed by atoms with Crippen molar-refractivity contribution >= 4 is 78.1 Å². The molecular weight excluding hydrogens is 723 g/mol. The Morgan fingerprint density at radius 1 is 0.439 bits per heavy atom. The fraction of sp³-hybridized carbons (Fsp3) is 0.122. The van der Waals surface area contributed by atoms with E-state index in [9.17, 15) is 13.7 Å². The van der Waals surface area contributed by atoms with Crippen molar-refractivity contribution in [2.75, 3.05) is 19.6 Å². The molecule has 0 spiro atoms. The maximum absolute atomic E-state index is 13.8. The van der Waals surface area contributed by atoms with Gasteiger partial charge in [-0.1, -0.05) is 76.2 Å². The average Bonchev–Trinajstić information content (AvgIpc) is 3.23. The highest BCUT2D eigenvalue weighted by atomic mass is 32.2. The lowest BCUT2D eigenvalue weighted by Gasteiger charge is -2.57. The molecule has 7 nitrogen and oxygen atoms in total. The van der Waals surface area contributed by atoms with Crippen LogP contribution in [0.1, 0.15) is 55.5 Å². The largest absolute Gasteiger partial charge is 0.306 e. The van der Waals surface area contributed by atoms with Crippen molar-refractivity contribution in [1.82, 2.24) is 0 Å². The third kappa shape index (κ3) is 3.82. The molecule has 5 aliphatic heterocycles. The topological polar surface area (TPSA) is 70.9 Å². The molecule has 8 heteroatoms. The number of benzene rings is 7. The molecule has 0 radical (unpaired) electrons. The van der Waals surface area contributed by atoms with Crippen LogP contribution < -0.4 is 19.6 Å². The standard InChI is InChI=1S/C49H35N5O2S/c1-48(2)33-11-5-7-13-37(33)52-41-17-9-15-39-45(41)54-46-40(51(39)30-21-25-32(26-22-30)57(55,56)31-23-19-29(28-50)20-24-31)16-10-18-42(46)53-38-14-8-6-12-34(38)49(3,4)36-27-35(48)43(52)47(54)44(36)53/h5-27H,1-4H3. The first-order valence-corrected chi connectivity index (χ1v) is 20.7. The summed E-state index contributed by atoms with van der Waals surface area (Å²) in [5.41, 5.74) is 18.3. The van der Waals surface area contributed by atoms with Gasteiger partial charge in [0.15, 0.2) is 0 Å². The molecule has 5 heterocycles. The molecule has 274 valence electrons. The minimum absolute atomic E-state index is 0.153. The number of hydrogen-bond acceptors (Lipinski definition) is 7. The van der Waals surface area contributed by atoms with Crippen LogP contribution in [0.2, 0.25) is 0 Å². The van der Waals surface area contributed by atoms with Gasteiger partial charge in [-0.05, 0) is 113 Å². The summed E-state index contributed by atoms with van der Waals surface area (Å²) in [6.07, 6.45) is 0. The quantitative estimate of drug-likeness (QED) is 0.178. The highest BCUT2D eigenvalue weighted by molar-refractivity contribution is 7.91. The number of nitriles is 1. The number of fused-ring (bicyclic) bond motifs is 6. The van der Waals surface area contributed by atoms with Crippen molar-refractivity contribution in [2.45, 2.75) is 48.3 Å². The van der Waals surface area contributed by atoms with E-state index in [2.05, 4.69) is 144 Å². The second-order valence-corrected chi connectivity index (χ2v) is 18.5. The van der Waals surface area contributed by atoms with E-state index in [0.29, 0.717) is 5.56 Å². The van der Waals surface area contributed by atoms with E-state index in [1.165, 1.54) is 75.0 Å². The third-order valence-electron chi connectivity index (χ3n) is 13.0. The number of rotatable bonds is 3. The van der Waals surface area contributed by atoms with Gasteiger partial charge in [0, 0.05) is 16.5 Å². The second kappa shape index (κ2) is 10.5. The van der Waals surface area contributed by atoms with Crippen molar-refractivity contribution in [1.29, 1.82) is 5.26 Å². The zero-order chi connectivity index (χ0) is 38.7. The van der Waals surface area contributed by atoms with Crippen LogP contribution in [0.15, 0.2) is 149 Å². The Kier molecular flexibility index (Phi) is 5.98. The maximum Gasteiger partial charge on any atom is 0.206 e. The maximum atomic E-state index is 13.8. The van der Waals surface area contributed by atoms with Crippen LogP contribution in [0.3, 0.4) is 0 Å². The predicted octanol–water partition coefficient (Wildman–Crippen LogP) is 12.5. The average molecular weight is 758 g/mol. The molecule has 7 aromatic carbocycles. The first-order valence-electron chi connectivity index (χ1n) is 19.3. The van der Waals surface area contributed by atoms with E-state index in [1.54, 1.807) is 12.1 Å². The first-order chi connectivity index (χ1) is 27.5. The fourth-order valence-corrected chi connectivity index (χ4v) is 11.5. The lowest BCUT2D eigenvalue weighted by molar-refractivity contribution is 0.596. The Morgan fingerprint density at radius 2 is 0.860 bits per heavy atom. The van der Waals surface area contributed by atoms with E-state index in [4.69, 9.17) is 0 Å². The summed E-state index contributed by atoms with van der Waals surface area (Å²) in [5.74, 6) is 0. The molecule has 0 amide bonds. The van der Waals surface area contributed by atoms with Crippen LogP contribution in [0.25, 0.3) is 0 Å². The highest BCUT2D eigenvalue weighted by Crippen LogP contribution is 2.74. The molecule has 12 rings (SSSR count). The van der Waals surface area contributed by atoms with E-state index in [1.807, 2.05) is 12.1 Å². The van der Waals surface area contributed by atoms with E-state index >= 15 is 0 Å². The van der Waals surface area contributed by atoms with Gasteiger partial charge in [0.1, 0.15) is 0 Å². The van der Waals surface area contributed by atoms with Crippen LogP contribution in [0.5, 0.6) is 0 Å². The first kappa shape index (κ1) is 32.4. The molecule has 0 N–H and O–H groups in total. The zero-order valence-corrected chi connectivity index (χ0v) is 32.6. The van der Waals surface area contributed by atoms with Crippen LogP contribution in [0, 0.1) is 11.3 Å². The van der Waals surface area contributed by atoms with Crippen molar-refractivity contribution in [2.24, 2.45) is 0 Å². The number of anilines is 12. The van der Waals surface area contributed by atoms with Crippen LogP contribution in [-0.4, -0.2) is 8.42 Å². The van der Waals surface area contributed by atoms with Gasteiger partial charge in [0.25, 0.3) is 0 Å². The van der Waals surface area contributed by atoms with Gasteiger partial charge >= 0.3 is 0 Å². The molecular formula is C49H35N5O2S. The Labute approximate surface area is 331 Å². The molecule has 0 aromatic heterocycles. The number of nitrogens with zero attached hydrogens (tertiary/aromatic N) is 5. The molecule has 0 saturated heterocycles. The molecule has 0 atom stereocenters. The molecule has 0 saturated carbocycles. The minimum Gasteiger partial charge on any atom is -0.306 e. The minimum atomic E-state index is -3.82. The van der Waals surface area contributed by atoms with Crippen molar-refractivity contribution in [3.05, 3.63) is 167 Å². The van der Waals surface area contributed by atoms with Crippen molar-refractivity contribution in [3.63, 3.8) is 0 Å². The Bertz CT molecular complexity index is 2980. The Hall–Kier alpha value is -6.82. The van der Waals surface area contributed by atoms with E-state index in [0.717, 1.165) is 39.8 Å². The van der Waals surface area contributed by atoms with Gasteiger partial charge in [-0.25, -0.2) is 8.42 Å². The summed E-state index contributed by atoms with van der Waals surface area (Å²) >= 11 is 0. The van der Waals surface area contributed by atoms with Crippen LogP contribution >= 0.6 is 0 Å². The predicted molar refractivity (Wildman–Crippen MR) is 227 cm³/mol. The summed E-state index contributed by atoms with van der Waals surface area (Å²) in [6, 6.07) is 48.6. The molecule has 0 bridgehead atoms. The smallest absolute Gasteiger partial charge is 0.206 e. The van der Waals surface area contributed by atoms with Gasteiger partial charge in [-0.2, -0.15) is 5.26 Å². The van der Waals surface area contributed by atoms with E-state index < -0.39 is 9.84 Å². The summed E-state index contributed by atoms with van der Waals surface area (Å²) < 4.78 is 27.6. The number of sulfone groups is 1. The second-order valence-electron chi connectivity index (χ2n) is 16.6. The molecule has 5 aliphatic rings. The molecule has 0 fully saturated rings. The summed E-state index contributed by atoms with van der Waals surface area (Å²) in [5, 5.41) is 9.27. The summed E-state index contributed by atoms with van der Waals surface area (Å²) in [6.45, 7) is 9.47. The van der Waals surface area contributed by atoms with Gasteiger partial charge < -0.3 is 14.7 Å².